The van der Waals surface area contributed by atoms with Gasteiger partial charge in [-0.25, -0.2) is 4.98 Å². The number of thioether (sulfide) groups is 1. The third-order valence-electron chi connectivity index (χ3n) is 3.10. The van der Waals surface area contributed by atoms with Gasteiger partial charge >= 0.3 is 0 Å². The van der Waals surface area contributed by atoms with Crippen LogP contribution in [0.4, 0.5) is 5.13 Å². The minimum absolute atomic E-state index is 0.0776. The molecule has 1 heterocycles. The number of benzene rings is 1. The molecule has 6 heteroatoms. The SMILES string of the molecule is CSc1sc(NC(=O)CCOc2ccc(C)cc2C)nc1C. The van der Waals surface area contributed by atoms with E-state index in [0.717, 1.165) is 21.2 Å². The van der Waals surface area contributed by atoms with E-state index in [0.29, 0.717) is 18.2 Å². The summed E-state index contributed by atoms with van der Waals surface area (Å²) in [5.74, 6) is 0.749. The van der Waals surface area contributed by atoms with Crippen LogP contribution in [-0.2, 0) is 4.79 Å². The molecular formula is C16H20N2O2S2. The highest BCUT2D eigenvalue weighted by Crippen LogP contribution is 2.30. The summed E-state index contributed by atoms with van der Waals surface area (Å²) in [5.41, 5.74) is 3.24. The van der Waals surface area contributed by atoms with Gasteiger partial charge in [-0.15, -0.1) is 11.8 Å². The van der Waals surface area contributed by atoms with Crippen molar-refractivity contribution in [3.8, 4) is 5.75 Å². The van der Waals surface area contributed by atoms with Crippen molar-refractivity contribution in [2.75, 3.05) is 18.2 Å². The zero-order chi connectivity index (χ0) is 16.1. The number of ether oxygens (including phenoxy) is 1. The van der Waals surface area contributed by atoms with Crippen molar-refractivity contribution in [3.63, 3.8) is 0 Å². The summed E-state index contributed by atoms with van der Waals surface area (Å²) in [4.78, 5) is 16.3. The molecule has 0 aliphatic carbocycles. The molecule has 0 saturated heterocycles. The van der Waals surface area contributed by atoms with Crippen molar-refractivity contribution in [1.82, 2.24) is 4.98 Å². The largest absolute Gasteiger partial charge is 0.493 e. The topological polar surface area (TPSA) is 51.2 Å². The van der Waals surface area contributed by atoms with Crippen LogP contribution in [0.15, 0.2) is 22.4 Å². The van der Waals surface area contributed by atoms with Crippen molar-refractivity contribution >= 4 is 34.1 Å². The maximum atomic E-state index is 11.9. The lowest BCUT2D eigenvalue weighted by atomic mass is 10.1. The zero-order valence-corrected chi connectivity index (χ0v) is 14.9. The van der Waals surface area contributed by atoms with Gasteiger partial charge in [-0.3, -0.25) is 4.79 Å². The lowest BCUT2D eigenvalue weighted by Gasteiger charge is -2.09. The normalized spacial score (nSPS) is 10.5. The second-order valence-corrected chi connectivity index (χ2v) is 7.09. The minimum Gasteiger partial charge on any atom is -0.493 e. The predicted molar refractivity (Wildman–Crippen MR) is 93.3 cm³/mol. The number of hydrogen-bond acceptors (Lipinski definition) is 5. The Balaban J connectivity index is 1.82. The maximum absolute atomic E-state index is 11.9. The van der Waals surface area contributed by atoms with E-state index in [-0.39, 0.29) is 5.91 Å². The number of nitrogens with one attached hydrogen (secondary N) is 1. The molecule has 0 aliphatic heterocycles. The molecule has 0 fully saturated rings. The fourth-order valence-electron chi connectivity index (χ4n) is 2.02. The average Bonchev–Trinajstić information content (AvgIpc) is 2.81. The van der Waals surface area contributed by atoms with Crippen molar-refractivity contribution in [3.05, 3.63) is 35.0 Å². The maximum Gasteiger partial charge on any atom is 0.229 e. The van der Waals surface area contributed by atoms with Crippen LogP contribution in [0.1, 0.15) is 23.2 Å². The number of anilines is 1. The first-order valence-electron chi connectivity index (χ1n) is 7.01. The van der Waals surface area contributed by atoms with Crippen molar-refractivity contribution in [1.29, 1.82) is 0 Å². The molecule has 0 aliphatic rings. The van der Waals surface area contributed by atoms with Gasteiger partial charge in [-0.1, -0.05) is 29.0 Å². The van der Waals surface area contributed by atoms with E-state index in [2.05, 4.69) is 16.4 Å². The molecule has 0 atom stereocenters. The number of thiazole rings is 1. The first-order chi connectivity index (χ1) is 10.5. The zero-order valence-electron chi connectivity index (χ0n) is 13.2. The number of nitrogens with zero attached hydrogens (tertiary/aromatic N) is 1. The Labute approximate surface area is 139 Å². The van der Waals surface area contributed by atoms with Crippen LogP contribution in [0.5, 0.6) is 5.75 Å². The van der Waals surface area contributed by atoms with Gasteiger partial charge in [0.25, 0.3) is 0 Å². The molecule has 0 radical (unpaired) electrons. The van der Waals surface area contributed by atoms with Gasteiger partial charge in [-0.05, 0) is 38.7 Å². The van der Waals surface area contributed by atoms with E-state index < -0.39 is 0 Å². The summed E-state index contributed by atoms with van der Waals surface area (Å²) in [7, 11) is 0. The Morgan fingerprint density at radius 1 is 1.36 bits per heavy atom. The molecule has 0 unspecified atom stereocenters. The average molecular weight is 336 g/mol. The third kappa shape index (κ3) is 4.48. The molecule has 0 bridgehead atoms. The van der Waals surface area contributed by atoms with E-state index in [9.17, 15) is 4.79 Å². The quantitative estimate of drug-likeness (QED) is 0.803. The van der Waals surface area contributed by atoms with E-state index in [1.807, 2.05) is 39.2 Å². The highest BCUT2D eigenvalue weighted by molar-refractivity contribution is 8.00. The molecule has 1 amide bonds. The second-order valence-electron chi connectivity index (χ2n) is 5.01. The summed E-state index contributed by atoms with van der Waals surface area (Å²) >= 11 is 3.14. The van der Waals surface area contributed by atoms with E-state index in [1.165, 1.54) is 16.9 Å². The van der Waals surface area contributed by atoms with E-state index in [1.54, 1.807) is 11.8 Å². The Morgan fingerprint density at radius 2 is 2.14 bits per heavy atom. The van der Waals surface area contributed by atoms with Gasteiger partial charge in [0.05, 0.1) is 22.9 Å². The lowest BCUT2D eigenvalue weighted by Crippen LogP contribution is -2.15. The van der Waals surface area contributed by atoms with Gasteiger partial charge in [0, 0.05) is 0 Å². The van der Waals surface area contributed by atoms with Gasteiger partial charge in [0.15, 0.2) is 5.13 Å². The Hall–Kier alpha value is -1.53. The fourth-order valence-corrected chi connectivity index (χ4v) is 3.65. The fraction of sp³-hybridized carbons (Fsp3) is 0.375. The van der Waals surface area contributed by atoms with Gasteiger partial charge < -0.3 is 10.1 Å². The molecule has 4 nitrogen and oxygen atoms in total. The minimum atomic E-state index is -0.0776. The summed E-state index contributed by atoms with van der Waals surface area (Å²) < 4.78 is 6.79. The first kappa shape index (κ1) is 16.8. The highest BCUT2D eigenvalue weighted by Gasteiger charge is 2.10. The van der Waals surface area contributed by atoms with Crippen molar-refractivity contribution < 1.29 is 9.53 Å². The number of rotatable bonds is 6. The number of aromatic nitrogens is 1. The number of carbonyl (C=O) groups is 1. The standard InChI is InChI=1S/C16H20N2O2S2/c1-10-5-6-13(11(2)9-10)20-8-7-14(19)18-16-17-12(3)15(21-4)22-16/h5-6,9H,7-8H2,1-4H3,(H,17,18,19). The van der Waals surface area contributed by atoms with E-state index in [4.69, 9.17) is 4.74 Å². The Kier molecular flexibility index (Phi) is 5.85. The lowest BCUT2D eigenvalue weighted by molar-refractivity contribution is -0.116. The number of amides is 1. The molecule has 0 saturated carbocycles. The first-order valence-corrected chi connectivity index (χ1v) is 9.05. The summed E-state index contributed by atoms with van der Waals surface area (Å²) in [6, 6.07) is 6.01. The van der Waals surface area contributed by atoms with Gasteiger partial charge in [0.1, 0.15) is 5.75 Å². The summed E-state index contributed by atoms with van der Waals surface area (Å²) in [6.45, 7) is 6.35. The predicted octanol–water partition coefficient (Wildman–Crippen LogP) is 4.20. The molecule has 2 aromatic rings. The number of hydrogen-bond donors (Lipinski definition) is 1. The smallest absolute Gasteiger partial charge is 0.229 e. The summed E-state index contributed by atoms with van der Waals surface area (Å²) in [6.07, 6.45) is 2.31. The van der Waals surface area contributed by atoms with Crippen LogP contribution in [0.2, 0.25) is 0 Å². The van der Waals surface area contributed by atoms with Gasteiger partial charge in [-0.2, -0.15) is 0 Å². The molecule has 22 heavy (non-hydrogen) atoms. The molecule has 1 aromatic carbocycles. The molecule has 2 rings (SSSR count). The Bertz CT molecular complexity index is 668. The van der Waals surface area contributed by atoms with Crippen LogP contribution in [0.3, 0.4) is 0 Å². The van der Waals surface area contributed by atoms with Crippen molar-refractivity contribution in [2.45, 2.75) is 31.4 Å². The molecule has 118 valence electrons. The van der Waals surface area contributed by atoms with E-state index >= 15 is 0 Å². The number of aryl methyl sites for hydroxylation is 3. The molecule has 1 N–H and O–H groups in total. The Morgan fingerprint density at radius 3 is 2.77 bits per heavy atom. The van der Waals surface area contributed by atoms with Gasteiger partial charge in [0.2, 0.25) is 5.91 Å². The van der Waals surface area contributed by atoms with Crippen LogP contribution in [0, 0.1) is 20.8 Å². The molecular weight excluding hydrogens is 316 g/mol. The van der Waals surface area contributed by atoms with Crippen LogP contribution < -0.4 is 10.1 Å². The summed E-state index contributed by atoms with van der Waals surface area (Å²) in [5, 5.41) is 3.47. The monoisotopic (exact) mass is 336 g/mol. The second kappa shape index (κ2) is 7.65. The van der Waals surface area contributed by atoms with Crippen LogP contribution in [0.25, 0.3) is 0 Å². The highest BCUT2D eigenvalue weighted by atomic mass is 32.2. The number of carbonyl (C=O) groups excluding carboxylic acids is 1. The van der Waals surface area contributed by atoms with Crippen LogP contribution >= 0.6 is 23.1 Å². The van der Waals surface area contributed by atoms with Crippen LogP contribution in [-0.4, -0.2) is 23.8 Å². The molecule has 0 spiro atoms. The molecule has 1 aromatic heterocycles. The van der Waals surface area contributed by atoms with Crippen molar-refractivity contribution in [2.24, 2.45) is 0 Å². The third-order valence-corrected chi connectivity index (χ3v) is 5.39.